The van der Waals surface area contributed by atoms with Gasteiger partial charge in [-0.3, -0.25) is 14.3 Å². The number of hydrogen-bond donors (Lipinski definition) is 1. The molecule has 0 radical (unpaired) electrons. The summed E-state index contributed by atoms with van der Waals surface area (Å²) in [5, 5.41) is 11.1. The van der Waals surface area contributed by atoms with Gasteiger partial charge in [0.05, 0.1) is 17.2 Å². The van der Waals surface area contributed by atoms with Crippen LogP contribution in [0.15, 0.2) is 28.4 Å². The molecule has 1 aliphatic heterocycles. The van der Waals surface area contributed by atoms with Crippen molar-refractivity contribution in [3.63, 3.8) is 0 Å². The summed E-state index contributed by atoms with van der Waals surface area (Å²) in [7, 11) is 0. The molecular weight excluding hydrogens is 381 g/mol. The molecule has 0 saturated carbocycles. The van der Waals surface area contributed by atoms with Crippen molar-refractivity contribution in [2.75, 3.05) is 37.6 Å². The fraction of sp³-hybridized carbons (Fsp3) is 0.550. The molecule has 0 bridgehead atoms. The van der Waals surface area contributed by atoms with Gasteiger partial charge >= 0.3 is 4.87 Å². The molecule has 8 heteroatoms. The summed E-state index contributed by atoms with van der Waals surface area (Å²) >= 11 is 1.03. The summed E-state index contributed by atoms with van der Waals surface area (Å²) < 4.78 is 21.0. The van der Waals surface area contributed by atoms with E-state index in [-0.39, 0.29) is 22.7 Å². The summed E-state index contributed by atoms with van der Waals surface area (Å²) in [6, 6.07) is 4.70. The van der Waals surface area contributed by atoms with Crippen LogP contribution < -0.4 is 14.5 Å². The van der Waals surface area contributed by atoms with E-state index in [2.05, 4.69) is 9.80 Å². The molecule has 1 fully saturated rings. The summed E-state index contributed by atoms with van der Waals surface area (Å²) in [4.78, 5) is 16.0. The number of ether oxygens (including phenoxy) is 1. The molecule has 2 heterocycles. The minimum atomic E-state index is -0.250. The lowest BCUT2D eigenvalue weighted by Gasteiger charge is -2.37. The highest BCUT2D eigenvalue weighted by Crippen LogP contribution is 2.31. The fourth-order valence-electron chi connectivity index (χ4n) is 3.44. The van der Waals surface area contributed by atoms with Crippen LogP contribution in [-0.4, -0.2) is 53.4 Å². The maximum absolute atomic E-state index is 13.8. The van der Waals surface area contributed by atoms with Crippen molar-refractivity contribution in [3.05, 3.63) is 39.1 Å². The van der Waals surface area contributed by atoms with E-state index in [9.17, 15) is 14.3 Å². The van der Waals surface area contributed by atoms with Gasteiger partial charge in [0.1, 0.15) is 11.6 Å². The molecule has 0 amide bonds. The van der Waals surface area contributed by atoms with Crippen molar-refractivity contribution < 1.29 is 14.2 Å². The van der Waals surface area contributed by atoms with Crippen molar-refractivity contribution in [1.82, 2.24) is 9.47 Å². The number of hydrogen-bond acceptors (Lipinski definition) is 6. The maximum atomic E-state index is 13.8. The van der Waals surface area contributed by atoms with Crippen molar-refractivity contribution in [3.8, 4) is 11.6 Å². The van der Waals surface area contributed by atoms with Gasteiger partial charge in [-0.25, -0.2) is 4.39 Å². The Bertz CT molecular complexity index is 828. The van der Waals surface area contributed by atoms with Crippen LogP contribution in [0.4, 0.5) is 10.1 Å². The van der Waals surface area contributed by atoms with E-state index < -0.39 is 0 Å². The van der Waals surface area contributed by atoms with Crippen LogP contribution in [0.2, 0.25) is 0 Å². The Hall–Kier alpha value is -2.06. The minimum absolute atomic E-state index is 0.0423. The standard InChI is InChI=1S/C20H28FN3O3S/c1-15(2)27-18-6-5-16(21)13-17(18)23-11-9-22(10-12-23)7-3-4-8-24-19(25)14-28-20(24)26/h5-6,13-15,25H,3-4,7-12H2,1-2H3. The van der Waals surface area contributed by atoms with Gasteiger partial charge in [0.25, 0.3) is 0 Å². The van der Waals surface area contributed by atoms with E-state index in [0.29, 0.717) is 6.54 Å². The zero-order valence-electron chi connectivity index (χ0n) is 16.4. The highest BCUT2D eigenvalue weighted by atomic mass is 32.1. The summed E-state index contributed by atoms with van der Waals surface area (Å²) in [6.07, 6.45) is 1.85. The van der Waals surface area contributed by atoms with Gasteiger partial charge in [0.2, 0.25) is 5.88 Å². The van der Waals surface area contributed by atoms with Crippen molar-refractivity contribution >= 4 is 17.0 Å². The van der Waals surface area contributed by atoms with Crippen LogP contribution in [0.25, 0.3) is 0 Å². The topological polar surface area (TPSA) is 57.9 Å². The van der Waals surface area contributed by atoms with Crippen molar-refractivity contribution in [2.45, 2.75) is 39.3 Å². The Kier molecular flexibility index (Phi) is 6.96. The molecule has 1 aromatic carbocycles. The molecule has 154 valence electrons. The second-order valence-electron chi connectivity index (χ2n) is 7.33. The van der Waals surface area contributed by atoms with E-state index in [4.69, 9.17) is 4.74 Å². The van der Waals surface area contributed by atoms with Crippen LogP contribution >= 0.6 is 11.3 Å². The second-order valence-corrected chi connectivity index (χ2v) is 8.15. The van der Waals surface area contributed by atoms with E-state index in [1.165, 1.54) is 16.0 Å². The number of aromatic hydroxyl groups is 1. The van der Waals surface area contributed by atoms with Crippen LogP contribution in [0, 0.1) is 5.82 Å². The van der Waals surface area contributed by atoms with Crippen LogP contribution in [0.1, 0.15) is 26.7 Å². The molecule has 0 spiro atoms. The Labute approximate surface area is 168 Å². The zero-order valence-corrected chi connectivity index (χ0v) is 17.3. The number of piperazine rings is 1. The molecule has 3 rings (SSSR count). The lowest BCUT2D eigenvalue weighted by molar-refractivity contribution is 0.235. The molecule has 0 atom stereocenters. The number of aromatic nitrogens is 1. The van der Waals surface area contributed by atoms with Gasteiger partial charge in [-0.1, -0.05) is 11.3 Å². The monoisotopic (exact) mass is 409 g/mol. The number of unbranched alkanes of at least 4 members (excludes halogenated alkanes) is 1. The summed E-state index contributed by atoms with van der Waals surface area (Å²) in [5.74, 6) is 0.532. The van der Waals surface area contributed by atoms with Gasteiger partial charge in [-0.2, -0.15) is 0 Å². The van der Waals surface area contributed by atoms with E-state index >= 15 is 0 Å². The molecule has 6 nitrogen and oxygen atoms in total. The van der Waals surface area contributed by atoms with E-state index in [1.807, 2.05) is 13.8 Å². The third-order valence-electron chi connectivity index (χ3n) is 4.86. The highest BCUT2D eigenvalue weighted by molar-refractivity contribution is 7.07. The largest absolute Gasteiger partial charge is 0.494 e. The van der Waals surface area contributed by atoms with Crippen molar-refractivity contribution in [2.24, 2.45) is 0 Å². The number of benzene rings is 1. The molecule has 1 N–H and O–H groups in total. The molecule has 0 unspecified atom stereocenters. The highest BCUT2D eigenvalue weighted by Gasteiger charge is 2.20. The number of halogens is 1. The number of nitrogens with zero attached hydrogens (tertiary/aromatic N) is 3. The van der Waals surface area contributed by atoms with Gasteiger partial charge in [0.15, 0.2) is 0 Å². The smallest absolute Gasteiger partial charge is 0.309 e. The molecule has 1 saturated heterocycles. The lowest BCUT2D eigenvalue weighted by Crippen LogP contribution is -2.46. The molecule has 2 aromatic rings. The Balaban J connectivity index is 1.47. The third-order valence-corrected chi connectivity index (χ3v) is 5.62. The van der Waals surface area contributed by atoms with Gasteiger partial charge in [-0.05, 0) is 45.4 Å². The molecule has 28 heavy (non-hydrogen) atoms. The third kappa shape index (κ3) is 5.26. The quantitative estimate of drug-likeness (QED) is 0.679. The lowest BCUT2D eigenvalue weighted by atomic mass is 10.2. The second kappa shape index (κ2) is 9.43. The first kappa shape index (κ1) is 20.7. The first-order valence-electron chi connectivity index (χ1n) is 9.75. The zero-order chi connectivity index (χ0) is 20.1. The average Bonchev–Trinajstić information content (AvgIpc) is 2.98. The first-order valence-corrected chi connectivity index (χ1v) is 10.6. The van der Waals surface area contributed by atoms with E-state index in [1.54, 1.807) is 12.1 Å². The van der Waals surface area contributed by atoms with Gasteiger partial charge in [-0.15, -0.1) is 0 Å². The Morgan fingerprint density at radius 3 is 2.54 bits per heavy atom. The van der Waals surface area contributed by atoms with E-state index in [0.717, 1.165) is 68.3 Å². The first-order chi connectivity index (χ1) is 13.4. The molecule has 1 aromatic heterocycles. The minimum Gasteiger partial charge on any atom is -0.494 e. The number of thiazole rings is 1. The Morgan fingerprint density at radius 1 is 1.18 bits per heavy atom. The number of rotatable bonds is 8. The Morgan fingerprint density at radius 2 is 1.89 bits per heavy atom. The predicted octanol–water partition coefficient (Wildman–Crippen LogP) is 3.14. The summed E-state index contributed by atoms with van der Waals surface area (Å²) in [6.45, 7) is 8.89. The van der Waals surface area contributed by atoms with Gasteiger partial charge in [0, 0.05) is 38.8 Å². The van der Waals surface area contributed by atoms with Gasteiger partial charge < -0.3 is 14.7 Å². The van der Waals surface area contributed by atoms with Crippen LogP contribution in [0.3, 0.4) is 0 Å². The fourth-order valence-corrected chi connectivity index (χ4v) is 4.08. The van der Waals surface area contributed by atoms with Crippen LogP contribution in [-0.2, 0) is 6.54 Å². The van der Waals surface area contributed by atoms with Crippen molar-refractivity contribution in [1.29, 1.82) is 0 Å². The molecule has 0 aliphatic carbocycles. The number of anilines is 1. The SMILES string of the molecule is CC(C)Oc1ccc(F)cc1N1CCN(CCCCn2c(O)csc2=O)CC1. The molecular formula is C20H28FN3O3S. The normalized spacial score (nSPS) is 15.4. The summed E-state index contributed by atoms with van der Waals surface area (Å²) in [5.41, 5.74) is 0.820. The average molecular weight is 410 g/mol. The predicted molar refractivity (Wildman–Crippen MR) is 110 cm³/mol. The van der Waals surface area contributed by atoms with Crippen LogP contribution in [0.5, 0.6) is 11.6 Å². The molecule has 1 aliphatic rings. The maximum Gasteiger partial charge on any atom is 0.309 e.